The van der Waals surface area contributed by atoms with Crippen molar-refractivity contribution in [1.29, 1.82) is 0 Å². The number of carbonyl (C=O) groups is 4. The number of nitrogens with one attached hydrogen (secondary N) is 2. The van der Waals surface area contributed by atoms with Crippen LogP contribution in [-0.2, 0) is 39.8 Å². The van der Waals surface area contributed by atoms with Crippen LogP contribution < -0.4 is 16.4 Å². The normalized spacial score (nSPS) is 18.4. The van der Waals surface area contributed by atoms with E-state index in [0.717, 1.165) is 23.4 Å². The molecule has 15 heteroatoms. The Labute approximate surface area is 363 Å². The lowest BCUT2D eigenvalue weighted by Crippen LogP contribution is -2.60. The standard InChI is InChI=1S/C45H75N7O7S/c1-12-31(6)40(51(9)45(56)38(29(2)3)49-43(55)39(30(4)5)50(8)23-25-59-24-20-46)36(57-10)28-37(53)52-22-16-19-35(52)41(58-11)32(7)42(54)48-34(44-47-21-26-60-44)27-33-17-14-13-15-18-33/h13-15,17-18,21,26,29-32,34-36,38-41H,12,16,19-20,22-25,27-28,46H2,1-11H3,(H,48,54)(H,49,55)/t31-,32+,34-,35-,36+,38-,39?,40?,41+/m0/s1. The molecule has 0 bridgehead atoms. The largest absolute Gasteiger partial charge is 0.379 e. The van der Waals surface area contributed by atoms with Crippen LogP contribution in [0.25, 0.3) is 0 Å². The molecule has 2 heterocycles. The number of hydrogen-bond donors (Lipinski definition) is 3. The van der Waals surface area contributed by atoms with Gasteiger partial charge in [-0.2, -0.15) is 0 Å². The predicted molar refractivity (Wildman–Crippen MR) is 237 cm³/mol. The minimum atomic E-state index is -0.800. The monoisotopic (exact) mass is 858 g/mol. The van der Waals surface area contributed by atoms with Crippen molar-refractivity contribution in [3.63, 3.8) is 0 Å². The number of hydrogen-bond acceptors (Lipinski definition) is 11. The molecule has 14 nitrogen and oxygen atoms in total. The van der Waals surface area contributed by atoms with Gasteiger partial charge in [0.2, 0.25) is 23.6 Å². The van der Waals surface area contributed by atoms with E-state index in [1.165, 1.54) is 11.3 Å². The second-order valence-corrected chi connectivity index (χ2v) is 17.9. The summed E-state index contributed by atoms with van der Waals surface area (Å²) in [6.07, 6.45) is 3.38. The number of nitrogens with zero attached hydrogens (tertiary/aromatic N) is 4. The van der Waals surface area contributed by atoms with Gasteiger partial charge < -0.3 is 40.4 Å². The van der Waals surface area contributed by atoms with E-state index >= 15 is 0 Å². The zero-order valence-electron chi connectivity index (χ0n) is 38.1. The van der Waals surface area contributed by atoms with Crippen molar-refractivity contribution in [2.75, 3.05) is 61.2 Å². The molecule has 1 aromatic heterocycles. The van der Waals surface area contributed by atoms with Gasteiger partial charge in [-0.3, -0.25) is 24.1 Å². The number of amides is 4. The minimum Gasteiger partial charge on any atom is -0.379 e. The number of benzene rings is 1. The Hall–Kier alpha value is -3.47. The van der Waals surface area contributed by atoms with Crippen molar-refractivity contribution in [2.45, 2.75) is 123 Å². The molecule has 60 heavy (non-hydrogen) atoms. The van der Waals surface area contributed by atoms with Crippen LogP contribution in [0.2, 0.25) is 0 Å². The topological polar surface area (TPSA) is 169 Å². The number of nitrogens with two attached hydrogens (primary N) is 1. The van der Waals surface area contributed by atoms with E-state index < -0.39 is 36.3 Å². The lowest BCUT2D eigenvalue weighted by Gasteiger charge is -2.41. The summed E-state index contributed by atoms with van der Waals surface area (Å²) in [4.78, 5) is 66.7. The van der Waals surface area contributed by atoms with E-state index in [1.807, 2.05) is 87.2 Å². The molecule has 1 aliphatic heterocycles. The number of thiazole rings is 1. The van der Waals surface area contributed by atoms with Gasteiger partial charge in [-0.25, -0.2) is 4.98 Å². The minimum absolute atomic E-state index is 0.0218. The SMILES string of the molecule is CC[C@H](C)C([C@@H](CC(=O)N1CCC[C@H]1[C@H](OC)[C@@H](C)C(=O)N[C@@H](Cc1ccccc1)c1nccs1)OC)N(C)C(=O)[C@@H](NC(=O)C(C(C)C)N(C)CCOCCN)C(C)C. The number of carbonyl (C=O) groups excluding carboxylic acids is 4. The van der Waals surface area contributed by atoms with E-state index in [-0.39, 0.29) is 59.9 Å². The van der Waals surface area contributed by atoms with Crippen LogP contribution in [0.3, 0.4) is 0 Å². The fourth-order valence-electron chi connectivity index (χ4n) is 8.58. The summed E-state index contributed by atoms with van der Waals surface area (Å²) < 4.78 is 17.7. The summed E-state index contributed by atoms with van der Waals surface area (Å²) >= 11 is 1.50. The molecule has 2 aromatic rings. The molecular formula is C45H75N7O7S. The number of rotatable bonds is 26. The second kappa shape index (κ2) is 25.5. The number of methoxy groups -OCH3 is 2. The Morgan fingerprint density at radius 2 is 1.67 bits per heavy atom. The van der Waals surface area contributed by atoms with E-state index in [2.05, 4.69) is 29.5 Å². The fourth-order valence-corrected chi connectivity index (χ4v) is 9.27. The maximum atomic E-state index is 14.5. The van der Waals surface area contributed by atoms with Gasteiger partial charge >= 0.3 is 0 Å². The lowest BCUT2D eigenvalue weighted by molar-refractivity contribution is -0.148. The van der Waals surface area contributed by atoms with E-state index in [0.29, 0.717) is 45.7 Å². The summed E-state index contributed by atoms with van der Waals surface area (Å²) in [7, 11) is 6.80. The molecule has 0 saturated carbocycles. The van der Waals surface area contributed by atoms with Crippen molar-refractivity contribution >= 4 is 35.0 Å². The number of aromatic nitrogens is 1. The third kappa shape index (κ3) is 14.0. The van der Waals surface area contributed by atoms with Crippen molar-refractivity contribution in [3.05, 3.63) is 52.5 Å². The van der Waals surface area contributed by atoms with Crippen LogP contribution in [0.4, 0.5) is 0 Å². The highest BCUT2D eigenvalue weighted by Crippen LogP contribution is 2.30. The summed E-state index contributed by atoms with van der Waals surface area (Å²) in [5.41, 5.74) is 6.65. The molecule has 338 valence electrons. The molecule has 1 fully saturated rings. The predicted octanol–water partition coefficient (Wildman–Crippen LogP) is 4.54. The lowest BCUT2D eigenvalue weighted by atomic mass is 9.89. The first kappa shape index (κ1) is 50.9. The molecule has 4 amide bonds. The van der Waals surface area contributed by atoms with Crippen molar-refractivity contribution in [3.8, 4) is 0 Å². The van der Waals surface area contributed by atoms with E-state index in [9.17, 15) is 19.2 Å². The zero-order chi connectivity index (χ0) is 44.5. The molecule has 1 saturated heterocycles. The smallest absolute Gasteiger partial charge is 0.245 e. The van der Waals surface area contributed by atoms with Gasteiger partial charge in [0, 0.05) is 52.5 Å². The molecule has 2 unspecified atom stereocenters. The quantitative estimate of drug-likeness (QED) is 0.114. The first-order valence-electron chi connectivity index (χ1n) is 21.7. The Morgan fingerprint density at radius 3 is 2.23 bits per heavy atom. The molecule has 1 aliphatic rings. The molecular weight excluding hydrogens is 783 g/mol. The highest BCUT2D eigenvalue weighted by Gasteiger charge is 2.43. The fraction of sp³-hybridized carbons (Fsp3) is 0.711. The van der Waals surface area contributed by atoms with Gasteiger partial charge in [0.25, 0.3) is 0 Å². The first-order chi connectivity index (χ1) is 28.6. The second-order valence-electron chi connectivity index (χ2n) is 17.0. The summed E-state index contributed by atoms with van der Waals surface area (Å²) in [5.74, 6) is -1.58. The highest BCUT2D eigenvalue weighted by atomic mass is 32.1. The number of likely N-dealkylation sites (tertiary alicyclic amines) is 1. The van der Waals surface area contributed by atoms with Gasteiger partial charge in [0.1, 0.15) is 11.0 Å². The van der Waals surface area contributed by atoms with Gasteiger partial charge in [-0.15, -0.1) is 11.3 Å². The summed E-state index contributed by atoms with van der Waals surface area (Å²) in [5, 5.41) is 9.06. The highest BCUT2D eigenvalue weighted by molar-refractivity contribution is 7.09. The molecule has 9 atom stereocenters. The molecule has 0 aliphatic carbocycles. The number of ether oxygens (including phenoxy) is 3. The molecule has 4 N–H and O–H groups in total. The van der Waals surface area contributed by atoms with Crippen LogP contribution in [0.15, 0.2) is 41.9 Å². The maximum Gasteiger partial charge on any atom is 0.245 e. The van der Waals surface area contributed by atoms with E-state index in [1.54, 1.807) is 32.4 Å². The van der Waals surface area contributed by atoms with Crippen LogP contribution in [0.1, 0.15) is 90.8 Å². The molecule has 3 rings (SSSR count). The molecule has 0 radical (unpaired) electrons. The summed E-state index contributed by atoms with van der Waals surface area (Å²) in [6, 6.07) is 7.63. The van der Waals surface area contributed by atoms with Gasteiger partial charge in [0.15, 0.2) is 0 Å². The van der Waals surface area contributed by atoms with Gasteiger partial charge in [-0.05, 0) is 49.6 Å². The Bertz CT molecular complexity index is 1580. The molecule has 1 aromatic carbocycles. The van der Waals surface area contributed by atoms with Crippen molar-refractivity contribution in [1.82, 2.24) is 30.3 Å². The summed E-state index contributed by atoms with van der Waals surface area (Å²) in [6.45, 7) is 16.2. The van der Waals surface area contributed by atoms with E-state index in [4.69, 9.17) is 19.9 Å². The third-order valence-corrected chi connectivity index (χ3v) is 13.0. The number of likely N-dealkylation sites (N-methyl/N-ethyl adjacent to an activating group) is 2. The first-order valence-corrected chi connectivity index (χ1v) is 22.6. The Kier molecular flexibility index (Phi) is 21.6. The van der Waals surface area contributed by atoms with Gasteiger partial charge in [0.05, 0.1) is 61.9 Å². The Morgan fingerprint density at radius 1 is 0.967 bits per heavy atom. The average molecular weight is 858 g/mol. The van der Waals surface area contributed by atoms with Crippen LogP contribution in [-0.4, -0.2) is 141 Å². The van der Waals surface area contributed by atoms with Crippen molar-refractivity contribution in [2.24, 2.45) is 29.4 Å². The third-order valence-electron chi connectivity index (χ3n) is 12.1. The van der Waals surface area contributed by atoms with Crippen LogP contribution in [0.5, 0.6) is 0 Å². The average Bonchev–Trinajstić information content (AvgIpc) is 3.95. The van der Waals surface area contributed by atoms with Crippen molar-refractivity contribution < 1.29 is 33.4 Å². The van der Waals surface area contributed by atoms with Crippen LogP contribution >= 0.6 is 11.3 Å². The van der Waals surface area contributed by atoms with Gasteiger partial charge in [-0.1, -0.05) is 85.2 Å². The van der Waals surface area contributed by atoms with Crippen LogP contribution in [0, 0.1) is 23.7 Å². The zero-order valence-corrected chi connectivity index (χ0v) is 38.9. The molecule has 0 spiro atoms. The Balaban J connectivity index is 1.77. The maximum absolute atomic E-state index is 14.5.